The molecule has 0 fully saturated rings. The molecule has 4 aromatic heterocycles. The van der Waals surface area contributed by atoms with Crippen LogP contribution in [0, 0.1) is 24.5 Å². The van der Waals surface area contributed by atoms with Gasteiger partial charge in [0.05, 0.1) is 53.1 Å². The zero-order valence-electron chi connectivity index (χ0n) is 31.5. The number of fused-ring (bicyclic) bond motifs is 2. The number of carbonyl (C=O) groups is 2. The van der Waals surface area contributed by atoms with Crippen molar-refractivity contribution in [1.29, 1.82) is 0 Å². The van der Waals surface area contributed by atoms with Gasteiger partial charge in [-0.3, -0.25) is 19.0 Å². The Hall–Kier alpha value is -6.38. The summed E-state index contributed by atoms with van der Waals surface area (Å²) in [5, 5.41) is 26.5. The second-order valence-corrected chi connectivity index (χ2v) is 14.6. The topological polar surface area (TPSA) is 132 Å². The molecule has 13 nitrogen and oxygen atoms in total. The third-order valence-electron chi connectivity index (χ3n) is 10.6. The van der Waals surface area contributed by atoms with Crippen molar-refractivity contribution >= 4 is 23.2 Å². The summed E-state index contributed by atoms with van der Waals surface area (Å²) in [6.45, 7) is -0.216. The Bertz CT molecular complexity index is 2560. The molecule has 314 valence electrons. The minimum absolute atomic E-state index is 0.0000552. The summed E-state index contributed by atoms with van der Waals surface area (Å²) in [4.78, 5) is 30.9. The van der Waals surface area contributed by atoms with E-state index in [1.807, 2.05) is 0 Å². The van der Waals surface area contributed by atoms with Crippen LogP contribution in [0.2, 0.25) is 0 Å². The van der Waals surface area contributed by atoms with Gasteiger partial charge in [-0.2, -0.15) is 46.7 Å². The molecule has 0 spiro atoms. The number of rotatable bonds is 9. The summed E-state index contributed by atoms with van der Waals surface area (Å²) in [5.41, 5.74) is -0.00621. The highest BCUT2D eigenvalue weighted by Crippen LogP contribution is 2.37. The second kappa shape index (κ2) is 15.3. The molecule has 1 N–H and O–H groups in total. The van der Waals surface area contributed by atoms with Gasteiger partial charge in [0.1, 0.15) is 18.2 Å². The lowest BCUT2D eigenvalue weighted by Crippen LogP contribution is -2.45. The zero-order valence-corrected chi connectivity index (χ0v) is 31.5. The first-order chi connectivity index (χ1) is 28.5. The predicted octanol–water partition coefficient (Wildman–Crippen LogP) is 6.04. The molecule has 2 aromatic carbocycles. The van der Waals surface area contributed by atoms with E-state index in [1.165, 1.54) is 82.3 Å². The van der Waals surface area contributed by atoms with E-state index >= 15 is 0 Å². The summed E-state index contributed by atoms with van der Waals surface area (Å²) in [5.74, 6) is -3.15. The quantitative estimate of drug-likeness (QED) is 0.176. The van der Waals surface area contributed by atoms with Gasteiger partial charge < -0.3 is 14.9 Å². The Morgan fingerprint density at radius 1 is 0.800 bits per heavy atom. The first-order valence-corrected chi connectivity index (χ1v) is 18.7. The first-order valence-electron chi connectivity index (χ1n) is 18.7. The smallest absolute Gasteiger partial charge is 0.394 e. The number of anilines is 2. The molecule has 8 rings (SSSR count). The molecule has 60 heavy (non-hydrogen) atoms. The maximum atomic E-state index is 14.3. The summed E-state index contributed by atoms with van der Waals surface area (Å²) in [7, 11) is 0. The number of benzene rings is 2. The molecule has 2 aliphatic rings. The van der Waals surface area contributed by atoms with Crippen LogP contribution in [-0.4, -0.2) is 75.7 Å². The van der Waals surface area contributed by atoms with Gasteiger partial charge in [0.15, 0.2) is 17.4 Å². The van der Waals surface area contributed by atoms with Crippen molar-refractivity contribution in [3.8, 4) is 11.4 Å². The van der Waals surface area contributed by atoms with Crippen molar-refractivity contribution in [2.75, 3.05) is 29.5 Å². The molecule has 2 aliphatic heterocycles. The van der Waals surface area contributed by atoms with E-state index in [0.29, 0.717) is 41.3 Å². The molecule has 21 heteroatoms. The highest BCUT2D eigenvalue weighted by Gasteiger charge is 2.41. The molecular weight excluding hydrogens is 808 g/mol. The monoisotopic (exact) mass is 842 g/mol. The van der Waals surface area contributed by atoms with Crippen LogP contribution in [0.5, 0.6) is 0 Å². The number of nitrogens with zero attached hydrogens (tertiary/aromatic N) is 10. The third kappa shape index (κ3) is 7.64. The largest absolute Gasteiger partial charge is 0.435 e. The van der Waals surface area contributed by atoms with E-state index in [4.69, 9.17) is 0 Å². The Kier molecular flexibility index (Phi) is 10.3. The Morgan fingerprint density at radius 2 is 1.37 bits per heavy atom. The highest BCUT2D eigenvalue weighted by molar-refractivity contribution is 5.97. The molecule has 2 atom stereocenters. The molecule has 2 amide bonds. The Labute approximate surface area is 335 Å². The number of aromatic nitrogens is 8. The van der Waals surface area contributed by atoms with Gasteiger partial charge in [0.25, 0.3) is 5.91 Å². The number of carbonyl (C=O) groups excluding carboxylic acids is 2. The van der Waals surface area contributed by atoms with Gasteiger partial charge in [0.2, 0.25) is 5.91 Å². The number of hydrogen-bond donors (Lipinski definition) is 1. The van der Waals surface area contributed by atoms with Gasteiger partial charge in [-0.15, -0.1) is 0 Å². The maximum absolute atomic E-state index is 14.3. The Morgan fingerprint density at radius 3 is 1.93 bits per heavy atom. The van der Waals surface area contributed by atoms with Gasteiger partial charge in [-0.05, 0) is 99.2 Å². The van der Waals surface area contributed by atoms with Crippen LogP contribution < -0.4 is 9.80 Å². The second-order valence-electron chi connectivity index (χ2n) is 14.6. The number of aliphatic hydroxyl groups excluding tert-OH is 1. The van der Waals surface area contributed by atoms with Crippen LogP contribution in [0.1, 0.15) is 46.6 Å². The lowest BCUT2D eigenvalue weighted by Gasteiger charge is -2.35. The third-order valence-corrected chi connectivity index (χ3v) is 10.6. The van der Waals surface area contributed by atoms with Crippen LogP contribution in [0.4, 0.5) is 46.5 Å². The van der Waals surface area contributed by atoms with Crippen molar-refractivity contribution in [1.82, 2.24) is 39.1 Å². The van der Waals surface area contributed by atoms with E-state index < -0.39 is 72.3 Å². The number of aliphatic hydroxyl groups is 1. The molecule has 6 heterocycles. The minimum atomic E-state index is -4.90. The minimum Gasteiger partial charge on any atom is -0.394 e. The number of hydrogen-bond acceptors (Lipinski definition) is 7. The normalized spacial score (nSPS) is 16.2. The van der Waals surface area contributed by atoms with Crippen LogP contribution in [0.3, 0.4) is 0 Å². The fourth-order valence-corrected chi connectivity index (χ4v) is 7.83. The SMILES string of the molecule is Cc1cc(C(F)(F)F)nn1C(CO)C(=O)N1CC(Cc2cc(C(F)(F)F)nn2CC(=O)N2CCCc3c2cnn3-c2ccc(F)cc2)Cc2c1cnn2-c1ccc(F)cc1. The van der Waals surface area contributed by atoms with E-state index in [-0.39, 0.29) is 43.0 Å². The molecule has 0 aliphatic carbocycles. The first kappa shape index (κ1) is 40.4. The molecule has 0 saturated heterocycles. The molecule has 0 radical (unpaired) electrons. The van der Waals surface area contributed by atoms with Crippen LogP contribution in [0.25, 0.3) is 11.4 Å². The van der Waals surface area contributed by atoms with Gasteiger partial charge in [0, 0.05) is 24.5 Å². The number of alkyl halides is 6. The average molecular weight is 843 g/mol. The number of amides is 2. The summed E-state index contributed by atoms with van der Waals surface area (Å²) < 4.78 is 116. The standard InChI is InChI=1S/C39H34F8N10O3/c1-22-13-34(38(42,43)44)51-55(22)33(21-58)37(60)53-19-23(15-30-32(53)18-49-57(30)27-10-6-25(41)7-11-27)14-28-16-35(39(45,46)47)50-54(28)20-36(59)52-12-2-3-29-31(52)17-48-56(29)26-8-4-24(40)5-9-26/h4-11,13,16-18,23,33,58H,2-3,12,14-15,19-21H2,1H3. The average Bonchev–Trinajstić information content (AvgIpc) is 4.01. The molecule has 6 aromatic rings. The summed E-state index contributed by atoms with van der Waals surface area (Å²) in [6.07, 6.45) is -6.00. The zero-order chi connectivity index (χ0) is 42.7. The van der Waals surface area contributed by atoms with Crippen LogP contribution in [0.15, 0.2) is 73.1 Å². The molecule has 2 unspecified atom stereocenters. The van der Waals surface area contributed by atoms with Crippen LogP contribution >= 0.6 is 0 Å². The Balaban J connectivity index is 1.12. The summed E-state index contributed by atoms with van der Waals surface area (Å²) >= 11 is 0. The van der Waals surface area contributed by atoms with E-state index in [0.717, 1.165) is 21.5 Å². The highest BCUT2D eigenvalue weighted by atomic mass is 19.4. The molecule has 0 saturated carbocycles. The van der Waals surface area contributed by atoms with Crippen molar-refractivity contribution in [2.45, 2.75) is 57.5 Å². The van der Waals surface area contributed by atoms with Gasteiger partial charge >= 0.3 is 12.4 Å². The van der Waals surface area contributed by atoms with Crippen LogP contribution in [-0.2, 0) is 47.7 Å². The fourth-order valence-electron chi connectivity index (χ4n) is 7.83. The van der Waals surface area contributed by atoms with E-state index in [2.05, 4.69) is 20.4 Å². The van der Waals surface area contributed by atoms with Crippen molar-refractivity contribution < 1.29 is 49.8 Å². The summed E-state index contributed by atoms with van der Waals surface area (Å²) in [6, 6.07) is 10.7. The van der Waals surface area contributed by atoms with E-state index in [9.17, 15) is 49.8 Å². The molecular formula is C39H34F8N10O3. The lowest BCUT2D eigenvalue weighted by atomic mass is 9.91. The number of aryl methyl sites for hydroxylation is 1. The number of halogens is 8. The fraction of sp³-hybridized carbons (Fsp3) is 0.333. The van der Waals surface area contributed by atoms with Crippen molar-refractivity contribution in [3.05, 3.63) is 119 Å². The van der Waals surface area contributed by atoms with Gasteiger partial charge in [-0.25, -0.2) is 18.1 Å². The van der Waals surface area contributed by atoms with E-state index in [1.54, 1.807) is 4.68 Å². The van der Waals surface area contributed by atoms with Crippen molar-refractivity contribution in [2.24, 2.45) is 5.92 Å². The predicted molar refractivity (Wildman–Crippen MR) is 196 cm³/mol. The maximum Gasteiger partial charge on any atom is 0.435 e. The molecule has 0 bridgehead atoms. The van der Waals surface area contributed by atoms with Gasteiger partial charge in [-0.1, -0.05) is 0 Å². The van der Waals surface area contributed by atoms with Crippen molar-refractivity contribution in [3.63, 3.8) is 0 Å². The lowest BCUT2D eigenvalue weighted by molar-refractivity contribution is -0.142.